The highest BCUT2D eigenvalue weighted by Gasteiger charge is 2.27. The third kappa shape index (κ3) is 4.33. The Kier molecular flexibility index (Phi) is 5.71. The molecule has 2 atom stereocenters. The number of benzene rings is 1. The van der Waals surface area contributed by atoms with Gasteiger partial charge in [-0.25, -0.2) is 0 Å². The number of amides is 1. The van der Waals surface area contributed by atoms with Crippen molar-refractivity contribution in [2.24, 2.45) is 5.92 Å². The van der Waals surface area contributed by atoms with Gasteiger partial charge in [0.2, 0.25) is 0 Å². The monoisotopic (exact) mass is 441 g/mol. The molecule has 5 heteroatoms. The zero-order valence-corrected chi connectivity index (χ0v) is 16.0. The lowest BCUT2D eigenvalue weighted by molar-refractivity contribution is -0.0272. The molecule has 3 nitrogen and oxygen atoms in total. The van der Waals surface area contributed by atoms with Gasteiger partial charge in [0.15, 0.2) is 0 Å². The number of carbonyl (C=O) groups is 1. The van der Waals surface area contributed by atoms with Crippen molar-refractivity contribution in [1.82, 2.24) is 5.32 Å². The molecule has 2 unspecified atom stereocenters. The van der Waals surface area contributed by atoms with E-state index in [1.807, 2.05) is 11.4 Å². The molecule has 122 valence electrons. The van der Waals surface area contributed by atoms with E-state index in [4.69, 9.17) is 4.74 Å². The molecule has 0 saturated carbocycles. The predicted octanol–water partition coefficient (Wildman–Crippen LogP) is 4.56. The molecule has 1 saturated heterocycles. The summed E-state index contributed by atoms with van der Waals surface area (Å²) >= 11 is 3.83. The Bertz CT molecular complexity index is 668. The van der Waals surface area contributed by atoms with Gasteiger partial charge in [0, 0.05) is 24.4 Å². The quantitative estimate of drug-likeness (QED) is 0.707. The smallest absolute Gasteiger partial charge is 0.252 e. The van der Waals surface area contributed by atoms with Crippen LogP contribution in [0.3, 0.4) is 0 Å². The first-order valence-corrected chi connectivity index (χ1v) is 9.80. The van der Waals surface area contributed by atoms with Gasteiger partial charge >= 0.3 is 0 Å². The van der Waals surface area contributed by atoms with Crippen LogP contribution in [-0.4, -0.2) is 19.1 Å². The van der Waals surface area contributed by atoms with Crippen LogP contribution in [0.2, 0.25) is 0 Å². The topological polar surface area (TPSA) is 38.3 Å². The fourth-order valence-corrected chi connectivity index (χ4v) is 4.26. The van der Waals surface area contributed by atoms with Crippen LogP contribution >= 0.6 is 33.9 Å². The molecule has 1 aliphatic rings. The Morgan fingerprint density at radius 1 is 1.39 bits per heavy atom. The maximum absolute atomic E-state index is 12.2. The van der Waals surface area contributed by atoms with E-state index < -0.39 is 0 Å². The molecule has 1 amide bonds. The summed E-state index contributed by atoms with van der Waals surface area (Å²) in [6, 6.07) is 10.4. The minimum Gasteiger partial charge on any atom is -0.373 e. The van der Waals surface area contributed by atoms with Crippen molar-refractivity contribution < 1.29 is 9.53 Å². The normalized spacial score (nSPS) is 21.1. The molecule has 0 bridgehead atoms. The summed E-state index contributed by atoms with van der Waals surface area (Å²) in [6.07, 6.45) is 2.21. The van der Waals surface area contributed by atoms with Gasteiger partial charge in [-0.1, -0.05) is 29.8 Å². The van der Waals surface area contributed by atoms with Gasteiger partial charge in [-0.3, -0.25) is 4.79 Å². The fourth-order valence-electron chi connectivity index (χ4n) is 2.93. The first-order valence-electron chi connectivity index (χ1n) is 7.84. The molecule has 1 N–H and O–H groups in total. The van der Waals surface area contributed by atoms with E-state index >= 15 is 0 Å². The minimum absolute atomic E-state index is 0.0115. The highest BCUT2D eigenvalue weighted by Crippen LogP contribution is 2.33. The standard InChI is InChI=1S/C18H20INO2S/c1-12-4-6-13(7-5-12)17-14(3-2-8-22-17)10-20-18(21)15-9-16(19)23-11-15/h4-7,9,11,14,17H,2-3,8,10H2,1H3,(H,20,21). The second-order valence-corrected chi connectivity index (χ2v) is 8.76. The van der Waals surface area contributed by atoms with Crippen molar-refractivity contribution in [3.05, 3.63) is 55.3 Å². The Morgan fingerprint density at radius 3 is 2.87 bits per heavy atom. The van der Waals surface area contributed by atoms with E-state index in [0.29, 0.717) is 12.5 Å². The average Bonchev–Trinajstić information content (AvgIpc) is 3.00. The Balaban J connectivity index is 1.64. The number of aryl methyl sites for hydroxylation is 1. The lowest BCUT2D eigenvalue weighted by Gasteiger charge is -2.32. The average molecular weight is 441 g/mol. The van der Waals surface area contributed by atoms with Crippen molar-refractivity contribution in [1.29, 1.82) is 0 Å². The summed E-state index contributed by atoms with van der Waals surface area (Å²) in [5.74, 6) is 0.338. The van der Waals surface area contributed by atoms with Crippen LogP contribution < -0.4 is 5.32 Å². The van der Waals surface area contributed by atoms with Gasteiger partial charge in [0.25, 0.3) is 5.91 Å². The third-order valence-electron chi connectivity index (χ3n) is 4.21. The van der Waals surface area contributed by atoms with Crippen LogP contribution in [0.15, 0.2) is 35.7 Å². The molecular weight excluding hydrogens is 421 g/mol. The van der Waals surface area contributed by atoms with E-state index in [0.717, 1.165) is 27.9 Å². The highest BCUT2D eigenvalue weighted by molar-refractivity contribution is 14.1. The lowest BCUT2D eigenvalue weighted by Crippen LogP contribution is -2.35. The van der Waals surface area contributed by atoms with Crippen molar-refractivity contribution in [2.75, 3.05) is 13.2 Å². The summed E-state index contributed by atoms with van der Waals surface area (Å²) < 4.78 is 7.14. The van der Waals surface area contributed by atoms with Gasteiger partial charge < -0.3 is 10.1 Å². The van der Waals surface area contributed by atoms with Crippen LogP contribution in [0, 0.1) is 15.7 Å². The van der Waals surface area contributed by atoms with Crippen molar-refractivity contribution in [3.8, 4) is 0 Å². The number of rotatable bonds is 4. The molecule has 0 spiro atoms. The number of halogens is 1. The molecule has 1 aromatic heterocycles. The van der Waals surface area contributed by atoms with Crippen LogP contribution in [0.5, 0.6) is 0 Å². The lowest BCUT2D eigenvalue weighted by atomic mass is 9.89. The fraction of sp³-hybridized carbons (Fsp3) is 0.389. The first-order chi connectivity index (χ1) is 11.1. The molecule has 0 radical (unpaired) electrons. The van der Waals surface area contributed by atoms with E-state index in [2.05, 4.69) is 59.1 Å². The van der Waals surface area contributed by atoms with E-state index in [1.54, 1.807) is 11.3 Å². The Hall–Kier alpha value is -0.920. The van der Waals surface area contributed by atoms with E-state index in [9.17, 15) is 4.79 Å². The Morgan fingerprint density at radius 2 is 2.17 bits per heavy atom. The number of hydrogen-bond donors (Lipinski definition) is 1. The van der Waals surface area contributed by atoms with Crippen molar-refractivity contribution in [3.63, 3.8) is 0 Å². The molecule has 23 heavy (non-hydrogen) atoms. The van der Waals surface area contributed by atoms with Gasteiger partial charge in [0.1, 0.15) is 0 Å². The van der Waals surface area contributed by atoms with E-state index in [-0.39, 0.29) is 12.0 Å². The van der Waals surface area contributed by atoms with Gasteiger partial charge in [0.05, 0.1) is 14.6 Å². The number of carbonyl (C=O) groups excluding carboxylic acids is 1. The largest absolute Gasteiger partial charge is 0.373 e. The van der Waals surface area contributed by atoms with Gasteiger partial charge in [-0.05, 0) is 54.0 Å². The summed E-state index contributed by atoms with van der Waals surface area (Å²) in [7, 11) is 0. The Labute approximate surface area is 154 Å². The van der Waals surface area contributed by atoms with Gasteiger partial charge in [-0.15, -0.1) is 11.3 Å². The maximum atomic E-state index is 12.2. The summed E-state index contributed by atoms with van der Waals surface area (Å²) in [6.45, 7) is 3.54. The molecule has 1 fully saturated rings. The first kappa shape index (κ1) is 16.9. The molecule has 0 aliphatic carbocycles. The minimum atomic E-state index is 0.0115. The third-order valence-corrected chi connectivity index (χ3v) is 5.99. The number of hydrogen-bond acceptors (Lipinski definition) is 3. The molecular formula is C18H20INO2S. The number of nitrogens with one attached hydrogen (secondary N) is 1. The molecule has 1 aliphatic heterocycles. The molecule has 2 heterocycles. The van der Waals surface area contributed by atoms with Crippen molar-refractivity contribution in [2.45, 2.75) is 25.9 Å². The van der Waals surface area contributed by atoms with Crippen LogP contribution in [0.4, 0.5) is 0 Å². The van der Waals surface area contributed by atoms with Crippen molar-refractivity contribution >= 4 is 39.8 Å². The van der Waals surface area contributed by atoms with Crippen LogP contribution in [-0.2, 0) is 4.74 Å². The van der Waals surface area contributed by atoms with E-state index in [1.165, 1.54) is 11.1 Å². The molecule has 2 aromatic rings. The van der Waals surface area contributed by atoms with Gasteiger partial charge in [-0.2, -0.15) is 0 Å². The number of thiophene rings is 1. The summed E-state index contributed by atoms with van der Waals surface area (Å²) in [4.78, 5) is 12.2. The second-order valence-electron chi connectivity index (χ2n) is 5.95. The number of ether oxygens (including phenoxy) is 1. The summed E-state index contributed by atoms with van der Waals surface area (Å²) in [5.41, 5.74) is 3.21. The predicted molar refractivity (Wildman–Crippen MR) is 102 cm³/mol. The zero-order valence-electron chi connectivity index (χ0n) is 13.0. The van der Waals surface area contributed by atoms with Crippen LogP contribution in [0.25, 0.3) is 0 Å². The van der Waals surface area contributed by atoms with Crippen LogP contribution in [0.1, 0.15) is 40.4 Å². The molecule has 1 aromatic carbocycles. The summed E-state index contributed by atoms with van der Waals surface area (Å²) in [5, 5.41) is 4.99. The zero-order chi connectivity index (χ0) is 16.2. The SMILES string of the molecule is Cc1ccc(C2OCCCC2CNC(=O)c2csc(I)c2)cc1. The molecule has 3 rings (SSSR count). The maximum Gasteiger partial charge on any atom is 0.252 e. The highest BCUT2D eigenvalue weighted by atomic mass is 127. The second kappa shape index (κ2) is 7.77.